The fourth-order valence-corrected chi connectivity index (χ4v) is 2.41. The van der Waals surface area contributed by atoms with Crippen LogP contribution in [-0.2, 0) is 0 Å². The predicted octanol–water partition coefficient (Wildman–Crippen LogP) is 4.20. The van der Waals surface area contributed by atoms with E-state index < -0.39 is 0 Å². The van der Waals surface area contributed by atoms with Gasteiger partial charge >= 0.3 is 0 Å². The number of hydrogen-bond donors (Lipinski definition) is 2. The molecule has 0 fully saturated rings. The number of fused-ring (bicyclic) bond motifs is 1. The topological polar surface area (TPSA) is 75.7 Å². The van der Waals surface area contributed by atoms with Crippen LogP contribution in [0.5, 0.6) is 11.5 Å². The minimum Gasteiger partial charge on any atom is -0.457 e. The van der Waals surface area contributed by atoms with Crippen molar-refractivity contribution in [2.75, 3.05) is 5.32 Å². The number of nitrogens with one attached hydrogen (secondary N) is 2. The number of aryl methyl sites for hydroxylation is 1. The monoisotopic (exact) mass is 317 g/mol. The minimum absolute atomic E-state index is 0.668. The highest BCUT2D eigenvalue weighted by Crippen LogP contribution is 2.26. The van der Waals surface area contributed by atoms with Gasteiger partial charge in [0.25, 0.3) is 0 Å². The average molecular weight is 317 g/mol. The maximum Gasteiger partial charge on any atom is 0.162 e. The highest BCUT2D eigenvalue weighted by atomic mass is 16.5. The molecule has 2 aromatic carbocycles. The molecule has 2 N–H and O–H groups in total. The summed E-state index contributed by atoms with van der Waals surface area (Å²) in [6, 6.07) is 17.4. The van der Waals surface area contributed by atoms with Crippen LogP contribution in [0.3, 0.4) is 0 Å². The van der Waals surface area contributed by atoms with Crippen molar-refractivity contribution in [3.8, 4) is 11.5 Å². The Morgan fingerprint density at radius 2 is 1.62 bits per heavy atom. The van der Waals surface area contributed by atoms with Gasteiger partial charge in [0.05, 0.1) is 5.69 Å². The molecule has 24 heavy (non-hydrogen) atoms. The summed E-state index contributed by atoms with van der Waals surface area (Å²) in [5.74, 6) is 2.25. The van der Waals surface area contributed by atoms with Gasteiger partial charge in [0.15, 0.2) is 11.3 Å². The molecule has 2 heterocycles. The summed E-state index contributed by atoms with van der Waals surface area (Å²) in [5.41, 5.74) is 3.36. The predicted molar refractivity (Wildman–Crippen MR) is 92.7 cm³/mol. The van der Waals surface area contributed by atoms with E-state index in [4.69, 9.17) is 4.74 Å². The van der Waals surface area contributed by atoms with Gasteiger partial charge in [-0.05, 0) is 43.3 Å². The molecule has 4 aromatic rings. The lowest BCUT2D eigenvalue weighted by atomic mass is 10.3. The smallest absolute Gasteiger partial charge is 0.162 e. The van der Waals surface area contributed by atoms with E-state index in [0.717, 1.165) is 33.9 Å². The van der Waals surface area contributed by atoms with Gasteiger partial charge in [-0.25, -0.2) is 9.97 Å². The van der Waals surface area contributed by atoms with Crippen molar-refractivity contribution >= 4 is 22.5 Å². The summed E-state index contributed by atoms with van der Waals surface area (Å²) in [4.78, 5) is 8.51. The van der Waals surface area contributed by atoms with Gasteiger partial charge < -0.3 is 10.1 Å². The van der Waals surface area contributed by atoms with Crippen molar-refractivity contribution in [3.05, 3.63) is 66.6 Å². The Bertz CT molecular complexity index is 964. The van der Waals surface area contributed by atoms with Crippen LogP contribution < -0.4 is 10.1 Å². The number of ether oxygens (including phenoxy) is 1. The van der Waals surface area contributed by atoms with E-state index in [1.54, 1.807) is 0 Å². The second-order valence-electron chi connectivity index (χ2n) is 5.33. The van der Waals surface area contributed by atoms with Crippen LogP contribution in [0.2, 0.25) is 0 Å². The van der Waals surface area contributed by atoms with E-state index in [9.17, 15) is 0 Å². The summed E-state index contributed by atoms with van der Waals surface area (Å²) < 4.78 is 5.79. The molecule has 0 amide bonds. The Morgan fingerprint density at radius 1 is 0.875 bits per heavy atom. The number of hydrogen-bond acceptors (Lipinski definition) is 5. The molecule has 118 valence electrons. The maximum absolute atomic E-state index is 5.79. The normalized spacial score (nSPS) is 10.7. The van der Waals surface area contributed by atoms with Crippen molar-refractivity contribution in [2.24, 2.45) is 0 Å². The van der Waals surface area contributed by atoms with Crippen LogP contribution in [0.4, 0.5) is 11.5 Å². The quantitative estimate of drug-likeness (QED) is 0.590. The van der Waals surface area contributed by atoms with E-state index in [2.05, 4.69) is 25.5 Å². The Hall–Kier alpha value is -3.41. The van der Waals surface area contributed by atoms with Crippen molar-refractivity contribution in [1.82, 2.24) is 20.2 Å². The molecular weight excluding hydrogens is 302 g/mol. The maximum atomic E-state index is 5.79. The summed E-state index contributed by atoms with van der Waals surface area (Å²) in [7, 11) is 0. The van der Waals surface area contributed by atoms with Gasteiger partial charge in [0, 0.05) is 5.69 Å². The van der Waals surface area contributed by atoms with Crippen LogP contribution in [0.25, 0.3) is 11.0 Å². The summed E-state index contributed by atoms with van der Waals surface area (Å²) in [6.07, 6.45) is 1.53. The minimum atomic E-state index is 0.668. The van der Waals surface area contributed by atoms with E-state index in [1.165, 1.54) is 6.33 Å². The molecule has 0 saturated carbocycles. The molecule has 0 atom stereocenters. The van der Waals surface area contributed by atoms with Gasteiger partial charge in [-0.1, -0.05) is 18.2 Å². The molecule has 0 radical (unpaired) electrons. The zero-order valence-corrected chi connectivity index (χ0v) is 13.0. The summed E-state index contributed by atoms with van der Waals surface area (Å²) in [5, 5.41) is 10.4. The van der Waals surface area contributed by atoms with Crippen LogP contribution in [0.1, 0.15) is 5.69 Å². The number of anilines is 2. The number of aromatic nitrogens is 4. The van der Waals surface area contributed by atoms with Crippen LogP contribution in [0, 0.1) is 6.92 Å². The molecule has 6 heteroatoms. The second-order valence-corrected chi connectivity index (χ2v) is 5.33. The van der Waals surface area contributed by atoms with Crippen molar-refractivity contribution in [3.63, 3.8) is 0 Å². The fraction of sp³-hybridized carbons (Fsp3) is 0.0556. The number of aromatic amines is 1. The van der Waals surface area contributed by atoms with E-state index in [1.807, 2.05) is 61.5 Å². The number of para-hydroxylation sites is 1. The van der Waals surface area contributed by atoms with E-state index in [0.29, 0.717) is 5.82 Å². The number of H-pyrrole nitrogens is 1. The molecule has 0 aliphatic carbocycles. The number of rotatable bonds is 4. The number of benzene rings is 2. The Morgan fingerprint density at radius 3 is 2.42 bits per heavy atom. The molecule has 6 nitrogen and oxygen atoms in total. The molecule has 4 rings (SSSR count). The van der Waals surface area contributed by atoms with Crippen molar-refractivity contribution < 1.29 is 4.74 Å². The zero-order valence-electron chi connectivity index (χ0n) is 13.0. The first-order valence-electron chi connectivity index (χ1n) is 7.55. The van der Waals surface area contributed by atoms with Crippen molar-refractivity contribution in [2.45, 2.75) is 6.92 Å². The first kappa shape index (κ1) is 14.2. The lowest BCUT2D eigenvalue weighted by Gasteiger charge is -2.08. The Labute approximate surface area is 138 Å². The third kappa shape index (κ3) is 2.77. The molecule has 0 spiro atoms. The SMILES string of the molecule is Cc1[nH]nc2c(Nc3ccc(Oc4ccccc4)cc3)ncnc12. The van der Waals surface area contributed by atoms with Crippen molar-refractivity contribution in [1.29, 1.82) is 0 Å². The number of nitrogens with zero attached hydrogens (tertiary/aromatic N) is 3. The first-order chi connectivity index (χ1) is 11.8. The molecule has 2 aromatic heterocycles. The highest BCUT2D eigenvalue weighted by molar-refractivity contribution is 5.88. The molecular formula is C18H15N5O. The summed E-state index contributed by atoms with van der Waals surface area (Å²) >= 11 is 0. The van der Waals surface area contributed by atoms with Crippen LogP contribution in [0.15, 0.2) is 60.9 Å². The van der Waals surface area contributed by atoms with Gasteiger partial charge in [-0.15, -0.1) is 0 Å². The zero-order chi connectivity index (χ0) is 16.4. The second kappa shape index (κ2) is 6.00. The lowest BCUT2D eigenvalue weighted by molar-refractivity contribution is 0.483. The Balaban J connectivity index is 1.55. The van der Waals surface area contributed by atoms with Gasteiger partial charge in [0.1, 0.15) is 23.3 Å². The molecule has 0 aliphatic heterocycles. The standard InChI is InChI=1S/C18H15N5O/c1-12-16-17(23-22-12)18(20-11-19-16)21-13-7-9-15(10-8-13)24-14-5-3-2-4-6-14/h2-11H,1H3,(H,22,23)(H,19,20,21). The van der Waals surface area contributed by atoms with Crippen LogP contribution in [-0.4, -0.2) is 20.2 Å². The molecule has 0 aliphatic rings. The molecule has 0 saturated heterocycles. The van der Waals surface area contributed by atoms with Gasteiger partial charge in [-0.2, -0.15) is 5.10 Å². The molecule has 0 unspecified atom stereocenters. The fourth-order valence-electron chi connectivity index (χ4n) is 2.41. The van der Waals surface area contributed by atoms with Gasteiger partial charge in [0.2, 0.25) is 0 Å². The largest absolute Gasteiger partial charge is 0.457 e. The summed E-state index contributed by atoms with van der Waals surface area (Å²) in [6.45, 7) is 1.93. The van der Waals surface area contributed by atoms with E-state index >= 15 is 0 Å². The third-order valence-corrected chi connectivity index (χ3v) is 3.61. The van der Waals surface area contributed by atoms with E-state index in [-0.39, 0.29) is 0 Å². The first-order valence-corrected chi connectivity index (χ1v) is 7.55. The average Bonchev–Trinajstić information content (AvgIpc) is 3.00. The third-order valence-electron chi connectivity index (χ3n) is 3.61. The highest BCUT2D eigenvalue weighted by Gasteiger charge is 2.09. The lowest BCUT2D eigenvalue weighted by Crippen LogP contribution is -1.95. The Kier molecular flexibility index (Phi) is 3.55. The van der Waals surface area contributed by atoms with Gasteiger partial charge in [-0.3, -0.25) is 5.10 Å². The molecule has 0 bridgehead atoms. The van der Waals surface area contributed by atoms with Crippen LogP contribution >= 0.6 is 0 Å².